The third-order valence-electron chi connectivity index (χ3n) is 3.23. The predicted octanol–water partition coefficient (Wildman–Crippen LogP) is -1.84. The predicted molar refractivity (Wildman–Crippen MR) is 96.9 cm³/mol. The van der Waals surface area contributed by atoms with E-state index in [4.69, 9.17) is 15.3 Å². The molecule has 160 valence electrons. The van der Waals surface area contributed by atoms with Crippen molar-refractivity contribution >= 4 is 17.9 Å². The van der Waals surface area contributed by atoms with Gasteiger partial charge in [-0.2, -0.15) is 0 Å². The number of rotatable bonds is 8. The van der Waals surface area contributed by atoms with Gasteiger partial charge in [-0.05, 0) is 6.92 Å². The second kappa shape index (κ2) is 11.4. The Balaban J connectivity index is 0.000000960. The van der Waals surface area contributed by atoms with E-state index >= 15 is 0 Å². The second-order valence-electron chi connectivity index (χ2n) is 5.92. The van der Waals surface area contributed by atoms with Gasteiger partial charge in [-0.3, -0.25) is 4.79 Å². The number of nitrogens with one attached hydrogen (secondary N) is 3. The second-order valence-corrected chi connectivity index (χ2v) is 5.92. The van der Waals surface area contributed by atoms with Crippen LogP contribution < -0.4 is 22.1 Å². The lowest BCUT2D eigenvalue weighted by Crippen LogP contribution is -2.51. The van der Waals surface area contributed by atoms with E-state index in [1.807, 2.05) is 0 Å². The monoisotopic (exact) mass is 412 g/mol. The summed E-state index contributed by atoms with van der Waals surface area (Å²) in [6, 6.07) is -2.77. The van der Waals surface area contributed by atoms with Crippen molar-refractivity contribution in [2.45, 2.75) is 45.0 Å². The molecule has 0 radical (unpaired) electrons. The van der Waals surface area contributed by atoms with Crippen molar-refractivity contribution in [2.75, 3.05) is 0 Å². The number of aromatic amines is 1. The largest absolute Gasteiger partial charge is 0.480 e. The summed E-state index contributed by atoms with van der Waals surface area (Å²) in [6.45, 7) is 2.44. The van der Waals surface area contributed by atoms with Gasteiger partial charge in [0.15, 0.2) is 6.04 Å². The third kappa shape index (κ3) is 8.81. The quantitative estimate of drug-likeness (QED) is 0.256. The Morgan fingerprint density at radius 3 is 2.52 bits per heavy atom. The first-order valence-electron chi connectivity index (χ1n) is 8.36. The van der Waals surface area contributed by atoms with Gasteiger partial charge in [-0.25, -0.2) is 14.6 Å². The smallest absolute Gasteiger partial charge is 0.328 e. The standard InChI is InChI=1S/C13H19N7O5.C2H5NO/c1-6(21)10(12(22)23)18-13(24)16-4-9-19-20-11(25-9)8(14)2-7-3-15-5-17-7;1-2(3)4/h3,5-6,8,10,21H,2,4,14H2,1H3,(H,15,17)(H,22,23)(H2,16,18,24);1H3,(H2,3,4). The number of urea groups is 1. The van der Waals surface area contributed by atoms with Crippen LogP contribution in [0.2, 0.25) is 0 Å². The van der Waals surface area contributed by atoms with Crippen LogP contribution >= 0.6 is 0 Å². The van der Waals surface area contributed by atoms with Crippen molar-refractivity contribution < 1.29 is 29.0 Å². The summed E-state index contributed by atoms with van der Waals surface area (Å²) in [4.78, 5) is 38.6. The molecule has 2 aromatic rings. The lowest BCUT2D eigenvalue weighted by molar-refractivity contribution is -0.141. The number of amides is 3. The maximum Gasteiger partial charge on any atom is 0.328 e. The van der Waals surface area contributed by atoms with Crippen LogP contribution in [-0.4, -0.2) is 60.4 Å². The van der Waals surface area contributed by atoms with Crippen LogP contribution in [0.5, 0.6) is 0 Å². The molecule has 0 aliphatic heterocycles. The van der Waals surface area contributed by atoms with Crippen molar-refractivity contribution in [3.05, 3.63) is 30.0 Å². The number of aliphatic hydroxyl groups excluding tert-OH is 1. The van der Waals surface area contributed by atoms with E-state index in [2.05, 4.69) is 36.5 Å². The molecular weight excluding hydrogens is 388 g/mol. The van der Waals surface area contributed by atoms with Gasteiger partial charge in [-0.1, -0.05) is 0 Å². The molecule has 0 spiro atoms. The lowest BCUT2D eigenvalue weighted by Gasteiger charge is -2.16. The average molecular weight is 412 g/mol. The zero-order valence-corrected chi connectivity index (χ0v) is 15.8. The molecule has 3 amide bonds. The first kappa shape index (κ1) is 23.5. The molecule has 9 N–H and O–H groups in total. The van der Waals surface area contributed by atoms with Gasteiger partial charge in [-0.15, -0.1) is 10.2 Å². The number of carboxylic acid groups (broad SMARTS) is 1. The van der Waals surface area contributed by atoms with Crippen LogP contribution in [-0.2, 0) is 22.6 Å². The Hall–Kier alpha value is -3.52. The number of aliphatic hydroxyl groups is 1. The minimum absolute atomic E-state index is 0.106. The third-order valence-corrected chi connectivity index (χ3v) is 3.23. The molecule has 2 aromatic heterocycles. The number of hydrogen-bond acceptors (Lipinski definition) is 9. The highest BCUT2D eigenvalue weighted by molar-refractivity contribution is 5.82. The number of nitrogens with zero attached hydrogens (tertiary/aromatic N) is 3. The van der Waals surface area contributed by atoms with Crippen LogP contribution in [0.15, 0.2) is 16.9 Å². The summed E-state index contributed by atoms with van der Waals surface area (Å²) in [7, 11) is 0. The first-order chi connectivity index (χ1) is 13.6. The van der Waals surface area contributed by atoms with Crippen molar-refractivity contribution in [1.82, 2.24) is 30.8 Å². The van der Waals surface area contributed by atoms with E-state index in [0.717, 1.165) is 5.69 Å². The normalized spacial score (nSPS) is 13.4. The number of nitrogens with two attached hydrogens (primary N) is 2. The van der Waals surface area contributed by atoms with E-state index in [0.29, 0.717) is 6.42 Å². The molecule has 3 atom stereocenters. The summed E-state index contributed by atoms with van der Waals surface area (Å²) in [5.41, 5.74) is 11.2. The molecule has 14 heteroatoms. The van der Waals surface area contributed by atoms with Crippen molar-refractivity contribution in [3.8, 4) is 0 Å². The molecule has 0 bridgehead atoms. The highest BCUT2D eigenvalue weighted by Gasteiger charge is 2.25. The van der Waals surface area contributed by atoms with E-state index < -0.39 is 30.2 Å². The van der Waals surface area contributed by atoms with Gasteiger partial charge >= 0.3 is 12.0 Å². The van der Waals surface area contributed by atoms with E-state index in [1.165, 1.54) is 20.2 Å². The molecule has 0 aromatic carbocycles. The minimum Gasteiger partial charge on any atom is -0.480 e. The number of hydrogen-bond donors (Lipinski definition) is 7. The highest BCUT2D eigenvalue weighted by atomic mass is 16.4. The molecule has 0 saturated carbocycles. The number of carbonyl (C=O) groups is 3. The zero-order valence-electron chi connectivity index (χ0n) is 15.8. The van der Waals surface area contributed by atoms with Crippen molar-refractivity contribution in [3.63, 3.8) is 0 Å². The zero-order chi connectivity index (χ0) is 22.0. The molecular formula is C15H24N8O6. The Morgan fingerprint density at radius 1 is 1.34 bits per heavy atom. The molecule has 2 heterocycles. The van der Waals surface area contributed by atoms with Crippen LogP contribution in [0.3, 0.4) is 0 Å². The SMILES string of the molecule is CC(N)=O.CC(O)C(NC(=O)NCc1nnc(C(N)Cc2cnc[nH]2)o1)C(=O)O. The lowest BCUT2D eigenvalue weighted by atomic mass is 10.2. The molecule has 2 rings (SSSR count). The van der Waals surface area contributed by atoms with Gasteiger partial charge in [0.1, 0.15) is 0 Å². The van der Waals surface area contributed by atoms with Crippen molar-refractivity contribution in [2.24, 2.45) is 11.5 Å². The number of H-pyrrole nitrogens is 1. The van der Waals surface area contributed by atoms with E-state index in [-0.39, 0.29) is 24.2 Å². The first-order valence-corrected chi connectivity index (χ1v) is 8.36. The van der Waals surface area contributed by atoms with Gasteiger partial charge in [0, 0.05) is 25.2 Å². The summed E-state index contributed by atoms with van der Waals surface area (Å²) in [5.74, 6) is -1.39. The van der Waals surface area contributed by atoms with Gasteiger partial charge in [0.25, 0.3) is 0 Å². The number of aromatic nitrogens is 4. The highest BCUT2D eigenvalue weighted by Crippen LogP contribution is 2.13. The fourth-order valence-corrected chi connectivity index (χ4v) is 1.95. The molecule has 14 nitrogen and oxygen atoms in total. The summed E-state index contributed by atoms with van der Waals surface area (Å²) in [5, 5.41) is 30.2. The van der Waals surface area contributed by atoms with Gasteiger partial charge in [0.2, 0.25) is 17.7 Å². The van der Waals surface area contributed by atoms with E-state index in [1.54, 1.807) is 6.20 Å². The summed E-state index contributed by atoms with van der Waals surface area (Å²) >= 11 is 0. The van der Waals surface area contributed by atoms with Crippen LogP contribution in [0.4, 0.5) is 4.79 Å². The molecule has 29 heavy (non-hydrogen) atoms. The van der Waals surface area contributed by atoms with Crippen LogP contribution in [0.1, 0.15) is 37.4 Å². The molecule has 0 aliphatic rings. The van der Waals surface area contributed by atoms with Gasteiger partial charge in [0.05, 0.1) is 25.0 Å². The number of aliphatic carboxylic acids is 1. The van der Waals surface area contributed by atoms with Crippen LogP contribution in [0.25, 0.3) is 0 Å². The number of imidazole rings is 1. The molecule has 0 fully saturated rings. The fraction of sp³-hybridized carbons (Fsp3) is 0.467. The molecule has 0 aliphatic carbocycles. The van der Waals surface area contributed by atoms with Gasteiger partial charge < -0.3 is 41.7 Å². The Labute approximate surface area is 165 Å². The maximum atomic E-state index is 11.7. The summed E-state index contributed by atoms with van der Waals surface area (Å²) in [6.07, 6.45) is 2.33. The maximum absolute atomic E-state index is 11.7. The summed E-state index contributed by atoms with van der Waals surface area (Å²) < 4.78 is 5.35. The number of carboxylic acids is 1. The number of carbonyl (C=O) groups excluding carboxylic acids is 2. The Kier molecular flexibility index (Phi) is 9.21. The minimum atomic E-state index is -1.43. The average Bonchev–Trinajstić information content (AvgIpc) is 3.28. The number of primary amides is 1. The van der Waals surface area contributed by atoms with E-state index in [9.17, 15) is 19.5 Å². The fourth-order valence-electron chi connectivity index (χ4n) is 1.95. The molecule has 3 unspecified atom stereocenters. The Morgan fingerprint density at radius 2 is 2.00 bits per heavy atom. The molecule has 0 saturated heterocycles. The van der Waals surface area contributed by atoms with Crippen molar-refractivity contribution in [1.29, 1.82) is 0 Å². The topological polar surface area (TPSA) is 235 Å². The Bertz CT molecular complexity index is 787. The van der Waals surface area contributed by atoms with Crippen LogP contribution in [0, 0.1) is 0 Å².